The highest BCUT2D eigenvalue weighted by atomic mass is 16.5. The molecule has 102 valence electrons. The Bertz CT molecular complexity index is 724. The molecule has 3 aromatic rings. The van der Waals surface area contributed by atoms with Crippen molar-refractivity contribution in [3.63, 3.8) is 0 Å². The monoisotopic (exact) mass is 268 g/mol. The Morgan fingerprint density at radius 1 is 1.25 bits per heavy atom. The molecule has 1 atom stereocenters. The van der Waals surface area contributed by atoms with E-state index < -0.39 is 0 Å². The minimum absolute atomic E-state index is 0.0805. The summed E-state index contributed by atoms with van der Waals surface area (Å²) >= 11 is 0. The van der Waals surface area contributed by atoms with Gasteiger partial charge in [0.1, 0.15) is 11.9 Å². The number of imidazole rings is 1. The van der Waals surface area contributed by atoms with E-state index in [9.17, 15) is 0 Å². The Morgan fingerprint density at radius 2 is 2.25 bits per heavy atom. The molecular weight excluding hydrogens is 252 g/mol. The number of hydrogen-bond donors (Lipinski definition) is 0. The van der Waals surface area contributed by atoms with Gasteiger partial charge in [0.15, 0.2) is 0 Å². The van der Waals surface area contributed by atoms with Gasteiger partial charge in [-0.15, -0.1) is 0 Å². The first-order valence-electron chi connectivity index (χ1n) is 7.00. The highest BCUT2D eigenvalue weighted by Crippen LogP contribution is 2.27. The van der Waals surface area contributed by atoms with Crippen molar-refractivity contribution in [3.8, 4) is 11.1 Å². The number of hydrogen-bond acceptors (Lipinski definition) is 3. The van der Waals surface area contributed by atoms with Gasteiger partial charge in [0.2, 0.25) is 0 Å². The summed E-state index contributed by atoms with van der Waals surface area (Å²) in [5.74, 6) is 0. The van der Waals surface area contributed by atoms with Crippen molar-refractivity contribution in [1.29, 1.82) is 0 Å². The highest BCUT2D eigenvalue weighted by Gasteiger charge is 2.17. The van der Waals surface area contributed by atoms with Crippen LogP contribution >= 0.6 is 0 Å². The van der Waals surface area contributed by atoms with Crippen LogP contribution in [-0.2, 0) is 4.74 Å². The van der Waals surface area contributed by atoms with E-state index in [0.717, 1.165) is 36.2 Å². The van der Waals surface area contributed by atoms with Crippen LogP contribution in [0.25, 0.3) is 16.8 Å². The van der Waals surface area contributed by atoms with E-state index in [2.05, 4.69) is 22.3 Å². The lowest BCUT2D eigenvalue weighted by molar-refractivity contribution is -0.0394. The Kier molecular flexibility index (Phi) is 2.77. The standard InChI is InChI=1S/C15H16N4O/c1-2-9-20-14(5-1)19-11-12(10-17-19)13-4-3-7-18-8-6-16-15(13)18/h3-4,6-8,10-11,14H,1-2,5,9H2. The van der Waals surface area contributed by atoms with Crippen LogP contribution in [0.4, 0.5) is 0 Å². The summed E-state index contributed by atoms with van der Waals surface area (Å²) in [6.45, 7) is 0.829. The molecule has 1 saturated heterocycles. The third-order valence-corrected chi connectivity index (χ3v) is 3.78. The van der Waals surface area contributed by atoms with Crippen molar-refractivity contribution < 1.29 is 4.74 Å². The molecule has 5 heteroatoms. The SMILES string of the molecule is c1cc(-c2cnn(C3CCCCO3)c2)c2nccn2c1. The number of fused-ring (bicyclic) bond motifs is 1. The van der Waals surface area contributed by atoms with Gasteiger partial charge >= 0.3 is 0 Å². The maximum Gasteiger partial charge on any atom is 0.150 e. The molecule has 1 fully saturated rings. The second-order valence-electron chi connectivity index (χ2n) is 5.11. The predicted molar refractivity (Wildman–Crippen MR) is 75.3 cm³/mol. The number of rotatable bonds is 2. The van der Waals surface area contributed by atoms with Gasteiger partial charge in [-0.05, 0) is 31.4 Å². The molecule has 3 aromatic heterocycles. The molecule has 1 aliphatic rings. The van der Waals surface area contributed by atoms with Crippen LogP contribution in [0.2, 0.25) is 0 Å². The zero-order valence-corrected chi connectivity index (χ0v) is 11.1. The second kappa shape index (κ2) is 4.76. The number of pyridine rings is 1. The summed E-state index contributed by atoms with van der Waals surface area (Å²) in [5.41, 5.74) is 3.13. The van der Waals surface area contributed by atoms with Crippen molar-refractivity contribution in [3.05, 3.63) is 43.1 Å². The van der Waals surface area contributed by atoms with E-state index in [0.29, 0.717) is 0 Å². The average molecular weight is 268 g/mol. The molecule has 0 aromatic carbocycles. The molecule has 4 rings (SSSR count). The largest absolute Gasteiger partial charge is 0.357 e. The van der Waals surface area contributed by atoms with E-state index in [1.54, 1.807) is 0 Å². The maximum atomic E-state index is 5.77. The molecule has 0 aliphatic carbocycles. The molecule has 0 bridgehead atoms. The average Bonchev–Trinajstić information content (AvgIpc) is 3.17. The minimum Gasteiger partial charge on any atom is -0.357 e. The summed E-state index contributed by atoms with van der Waals surface area (Å²) in [6, 6.07) is 4.10. The Hall–Kier alpha value is -2.14. The molecule has 1 aliphatic heterocycles. The summed E-state index contributed by atoms with van der Waals surface area (Å²) in [5, 5.41) is 4.46. The van der Waals surface area contributed by atoms with E-state index in [1.165, 1.54) is 6.42 Å². The van der Waals surface area contributed by atoms with E-state index >= 15 is 0 Å². The molecule has 5 nitrogen and oxygen atoms in total. The zero-order valence-electron chi connectivity index (χ0n) is 11.1. The van der Waals surface area contributed by atoms with Crippen LogP contribution in [0.3, 0.4) is 0 Å². The molecule has 0 radical (unpaired) electrons. The van der Waals surface area contributed by atoms with E-state index in [-0.39, 0.29) is 6.23 Å². The smallest absolute Gasteiger partial charge is 0.150 e. The molecule has 0 saturated carbocycles. The molecular formula is C15H16N4O. The van der Waals surface area contributed by atoms with Crippen LogP contribution in [0.1, 0.15) is 25.5 Å². The molecule has 20 heavy (non-hydrogen) atoms. The van der Waals surface area contributed by atoms with Gasteiger partial charge in [-0.25, -0.2) is 9.67 Å². The quantitative estimate of drug-likeness (QED) is 0.718. The first-order chi connectivity index (χ1) is 9.92. The fraction of sp³-hybridized carbons (Fsp3) is 0.333. The topological polar surface area (TPSA) is 44.3 Å². The van der Waals surface area contributed by atoms with Gasteiger partial charge in [-0.2, -0.15) is 5.10 Å². The normalized spacial score (nSPS) is 19.5. The van der Waals surface area contributed by atoms with Crippen LogP contribution in [0.15, 0.2) is 43.1 Å². The van der Waals surface area contributed by atoms with Crippen molar-refractivity contribution in [2.75, 3.05) is 6.61 Å². The molecule has 0 amide bonds. The fourth-order valence-corrected chi connectivity index (χ4v) is 2.74. The molecule has 1 unspecified atom stereocenters. The van der Waals surface area contributed by atoms with Gasteiger partial charge in [0.25, 0.3) is 0 Å². The van der Waals surface area contributed by atoms with E-state index in [4.69, 9.17) is 4.74 Å². The number of ether oxygens (including phenoxy) is 1. The number of nitrogens with zero attached hydrogens (tertiary/aromatic N) is 4. The first-order valence-corrected chi connectivity index (χ1v) is 7.00. The maximum absolute atomic E-state index is 5.77. The minimum atomic E-state index is 0.0805. The third-order valence-electron chi connectivity index (χ3n) is 3.78. The summed E-state index contributed by atoms with van der Waals surface area (Å²) < 4.78 is 9.71. The summed E-state index contributed by atoms with van der Waals surface area (Å²) in [4.78, 5) is 4.41. The van der Waals surface area contributed by atoms with Crippen LogP contribution < -0.4 is 0 Å². The van der Waals surface area contributed by atoms with Gasteiger partial charge < -0.3 is 9.14 Å². The highest BCUT2D eigenvalue weighted by molar-refractivity contribution is 5.76. The van der Waals surface area contributed by atoms with Crippen LogP contribution in [-0.4, -0.2) is 25.8 Å². The summed E-state index contributed by atoms with van der Waals surface area (Å²) in [7, 11) is 0. The van der Waals surface area contributed by atoms with Gasteiger partial charge in [0, 0.05) is 42.5 Å². The zero-order chi connectivity index (χ0) is 13.4. The molecule has 0 spiro atoms. The van der Waals surface area contributed by atoms with Crippen molar-refractivity contribution in [2.45, 2.75) is 25.5 Å². The van der Waals surface area contributed by atoms with Gasteiger partial charge in [-0.1, -0.05) is 0 Å². The van der Waals surface area contributed by atoms with E-state index in [1.807, 2.05) is 39.9 Å². The van der Waals surface area contributed by atoms with Crippen molar-refractivity contribution >= 4 is 5.65 Å². The predicted octanol–water partition coefficient (Wildman–Crippen LogP) is 2.90. The molecule has 4 heterocycles. The fourth-order valence-electron chi connectivity index (χ4n) is 2.74. The Morgan fingerprint density at radius 3 is 3.15 bits per heavy atom. The lowest BCUT2D eigenvalue weighted by atomic mass is 10.1. The van der Waals surface area contributed by atoms with Crippen molar-refractivity contribution in [1.82, 2.24) is 19.2 Å². The van der Waals surface area contributed by atoms with Gasteiger partial charge in [0.05, 0.1) is 6.20 Å². The third kappa shape index (κ3) is 1.91. The molecule has 0 N–H and O–H groups in total. The second-order valence-corrected chi connectivity index (χ2v) is 5.11. The lowest BCUT2D eigenvalue weighted by Crippen LogP contribution is -2.18. The van der Waals surface area contributed by atoms with Crippen LogP contribution in [0, 0.1) is 0 Å². The van der Waals surface area contributed by atoms with Crippen molar-refractivity contribution in [2.24, 2.45) is 0 Å². The first kappa shape index (κ1) is 11.7. The van der Waals surface area contributed by atoms with Crippen LogP contribution in [0.5, 0.6) is 0 Å². The summed E-state index contributed by atoms with van der Waals surface area (Å²) in [6.07, 6.45) is 13.2. The lowest BCUT2D eigenvalue weighted by Gasteiger charge is -2.22. The van der Waals surface area contributed by atoms with Gasteiger partial charge in [-0.3, -0.25) is 0 Å². The Balaban J connectivity index is 1.72. The number of aromatic nitrogens is 4. The Labute approximate surface area is 116 Å².